The number of ether oxygens (including phenoxy) is 1. The van der Waals surface area contributed by atoms with Crippen molar-refractivity contribution in [2.24, 2.45) is 0 Å². The molecule has 1 aromatic carbocycles. The standard InChI is InChI=1S/C13H16N2O4/c1-8-6-15(9(2)16)7-11-4-3-10(13(17)14-18)5-12(11)19-8/h3-5,8,18H,6-7H2,1-2H3,(H,14,17)/t8-/m1/s1. The van der Waals surface area contributed by atoms with Crippen molar-refractivity contribution in [3.63, 3.8) is 0 Å². The lowest BCUT2D eigenvalue weighted by Crippen LogP contribution is -2.34. The molecule has 0 saturated carbocycles. The fourth-order valence-corrected chi connectivity index (χ4v) is 2.08. The van der Waals surface area contributed by atoms with Gasteiger partial charge >= 0.3 is 0 Å². The Kier molecular flexibility index (Phi) is 3.71. The lowest BCUT2D eigenvalue weighted by Gasteiger charge is -2.20. The Morgan fingerprint density at radius 2 is 2.21 bits per heavy atom. The predicted octanol–water partition coefficient (Wildman–Crippen LogP) is 0.935. The van der Waals surface area contributed by atoms with Crippen molar-refractivity contribution < 1.29 is 19.5 Å². The molecule has 1 aromatic rings. The number of nitrogens with zero attached hydrogens (tertiary/aromatic N) is 1. The second-order valence-corrected chi connectivity index (χ2v) is 4.59. The fourth-order valence-electron chi connectivity index (χ4n) is 2.08. The van der Waals surface area contributed by atoms with Crippen LogP contribution in [0.25, 0.3) is 0 Å². The Labute approximate surface area is 110 Å². The number of fused-ring (bicyclic) bond motifs is 1. The van der Waals surface area contributed by atoms with Crippen LogP contribution >= 0.6 is 0 Å². The van der Waals surface area contributed by atoms with Crippen molar-refractivity contribution in [2.45, 2.75) is 26.5 Å². The fraction of sp³-hybridized carbons (Fsp3) is 0.385. The molecule has 0 radical (unpaired) electrons. The van der Waals surface area contributed by atoms with Crippen LogP contribution in [0.3, 0.4) is 0 Å². The summed E-state index contributed by atoms with van der Waals surface area (Å²) in [5.74, 6) is -0.0375. The number of nitrogens with one attached hydrogen (secondary N) is 1. The zero-order valence-electron chi connectivity index (χ0n) is 10.8. The van der Waals surface area contributed by atoms with Crippen molar-refractivity contribution in [1.29, 1.82) is 0 Å². The Morgan fingerprint density at radius 1 is 1.47 bits per heavy atom. The molecule has 0 unspecified atom stereocenters. The van der Waals surface area contributed by atoms with E-state index in [-0.39, 0.29) is 12.0 Å². The van der Waals surface area contributed by atoms with Crippen LogP contribution in [0.5, 0.6) is 5.75 Å². The van der Waals surface area contributed by atoms with Gasteiger partial charge in [-0.25, -0.2) is 5.48 Å². The molecule has 0 aliphatic carbocycles. The quantitative estimate of drug-likeness (QED) is 0.584. The molecule has 0 aromatic heterocycles. The minimum absolute atomic E-state index is 0.0134. The van der Waals surface area contributed by atoms with Gasteiger partial charge in [0.25, 0.3) is 5.91 Å². The summed E-state index contributed by atoms with van der Waals surface area (Å²) in [5.41, 5.74) is 2.73. The Bertz CT molecular complexity index is 515. The molecule has 1 heterocycles. The van der Waals surface area contributed by atoms with E-state index < -0.39 is 5.91 Å². The number of amides is 2. The smallest absolute Gasteiger partial charge is 0.274 e. The summed E-state index contributed by atoms with van der Waals surface area (Å²) in [6.45, 7) is 4.34. The molecule has 0 bridgehead atoms. The summed E-state index contributed by atoms with van der Waals surface area (Å²) in [5, 5.41) is 8.62. The average Bonchev–Trinajstić information content (AvgIpc) is 2.54. The third-order valence-electron chi connectivity index (χ3n) is 3.04. The third kappa shape index (κ3) is 2.85. The minimum atomic E-state index is -0.591. The highest BCUT2D eigenvalue weighted by molar-refractivity contribution is 5.93. The van der Waals surface area contributed by atoms with Gasteiger partial charge in [-0.2, -0.15) is 0 Å². The molecule has 2 rings (SSSR count). The Balaban J connectivity index is 2.35. The van der Waals surface area contributed by atoms with Gasteiger partial charge in [-0.05, 0) is 19.1 Å². The molecule has 1 aliphatic rings. The monoisotopic (exact) mass is 264 g/mol. The molecule has 102 valence electrons. The predicted molar refractivity (Wildman–Crippen MR) is 66.9 cm³/mol. The molecule has 1 aliphatic heterocycles. The van der Waals surface area contributed by atoms with E-state index in [1.54, 1.807) is 28.6 Å². The van der Waals surface area contributed by atoms with Crippen LogP contribution in [0.4, 0.5) is 0 Å². The zero-order valence-corrected chi connectivity index (χ0v) is 10.8. The molecule has 0 spiro atoms. The van der Waals surface area contributed by atoms with Crippen molar-refractivity contribution >= 4 is 11.8 Å². The van der Waals surface area contributed by atoms with Gasteiger partial charge in [0.1, 0.15) is 11.9 Å². The Hall–Kier alpha value is -2.08. The lowest BCUT2D eigenvalue weighted by atomic mass is 10.1. The largest absolute Gasteiger partial charge is 0.488 e. The van der Waals surface area contributed by atoms with Crippen LogP contribution in [0, 0.1) is 0 Å². The van der Waals surface area contributed by atoms with E-state index in [2.05, 4.69) is 0 Å². The van der Waals surface area contributed by atoms with Gasteiger partial charge in [0, 0.05) is 24.6 Å². The summed E-state index contributed by atoms with van der Waals surface area (Å²) in [6.07, 6.45) is -0.155. The van der Waals surface area contributed by atoms with Crippen LogP contribution in [0.15, 0.2) is 18.2 Å². The van der Waals surface area contributed by atoms with Crippen LogP contribution in [-0.2, 0) is 11.3 Å². The first-order valence-electron chi connectivity index (χ1n) is 6.00. The van der Waals surface area contributed by atoms with Gasteiger partial charge in [-0.3, -0.25) is 14.8 Å². The third-order valence-corrected chi connectivity index (χ3v) is 3.04. The van der Waals surface area contributed by atoms with E-state index in [9.17, 15) is 9.59 Å². The van der Waals surface area contributed by atoms with Gasteiger partial charge in [0.2, 0.25) is 5.91 Å². The van der Waals surface area contributed by atoms with Crippen molar-refractivity contribution in [3.05, 3.63) is 29.3 Å². The lowest BCUT2D eigenvalue weighted by molar-refractivity contribution is -0.130. The molecule has 6 nitrogen and oxygen atoms in total. The highest BCUT2D eigenvalue weighted by Crippen LogP contribution is 2.26. The van der Waals surface area contributed by atoms with Crippen molar-refractivity contribution in [3.8, 4) is 5.75 Å². The van der Waals surface area contributed by atoms with E-state index in [1.807, 2.05) is 6.92 Å². The number of rotatable bonds is 1. The highest BCUT2D eigenvalue weighted by atomic mass is 16.5. The summed E-state index contributed by atoms with van der Waals surface area (Å²) < 4.78 is 5.72. The van der Waals surface area contributed by atoms with Crippen LogP contribution in [-0.4, -0.2) is 34.6 Å². The van der Waals surface area contributed by atoms with E-state index in [4.69, 9.17) is 9.94 Å². The van der Waals surface area contributed by atoms with Gasteiger partial charge in [-0.1, -0.05) is 6.07 Å². The zero-order chi connectivity index (χ0) is 14.0. The number of hydrogen-bond acceptors (Lipinski definition) is 4. The van der Waals surface area contributed by atoms with Crippen LogP contribution < -0.4 is 10.2 Å². The van der Waals surface area contributed by atoms with E-state index in [0.29, 0.717) is 24.4 Å². The van der Waals surface area contributed by atoms with Gasteiger partial charge < -0.3 is 9.64 Å². The SMILES string of the molecule is CC(=O)N1Cc2ccc(C(=O)NO)cc2O[C@H](C)C1. The minimum Gasteiger partial charge on any atom is -0.488 e. The molecule has 19 heavy (non-hydrogen) atoms. The second-order valence-electron chi connectivity index (χ2n) is 4.59. The van der Waals surface area contributed by atoms with Gasteiger partial charge in [0.05, 0.1) is 6.54 Å². The number of hydrogen-bond donors (Lipinski definition) is 2. The molecule has 0 fully saturated rings. The normalized spacial score (nSPS) is 18.1. The maximum Gasteiger partial charge on any atom is 0.274 e. The molecular formula is C13H16N2O4. The maximum absolute atomic E-state index is 11.5. The van der Waals surface area contributed by atoms with Crippen LogP contribution in [0.2, 0.25) is 0 Å². The van der Waals surface area contributed by atoms with Gasteiger partial charge in [-0.15, -0.1) is 0 Å². The number of carbonyl (C=O) groups excluding carboxylic acids is 2. The summed E-state index contributed by atoms with van der Waals surface area (Å²) in [7, 11) is 0. The summed E-state index contributed by atoms with van der Waals surface area (Å²) in [6, 6.07) is 4.89. The number of benzene rings is 1. The van der Waals surface area contributed by atoms with E-state index in [0.717, 1.165) is 5.56 Å². The first-order valence-corrected chi connectivity index (χ1v) is 6.00. The van der Waals surface area contributed by atoms with Crippen molar-refractivity contribution in [1.82, 2.24) is 10.4 Å². The first-order chi connectivity index (χ1) is 9.01. The van der Waals surface area contributed by atoms with Crippen LogP contribution in [0.1, 0.15) is 29.8 Å². The molecule has 1 atom stereocenters. The molecule has 2 amide bonds. The number of carbonyl (C=O) groups is 2. The molecular weight excluding hydrogens is 248 g/mol. The average molecular weight is 264 g/mol. The summed E-state index contributed by atoms with van der Waals surface area (Å²) >= 11 is 0. The molecule has 6 heteroatoms. The second kappa shape index (κ2) is 5.27. The first kappa shape index (κ1) is 13.4. The summed E-state index contributed by atoms with van der Waals surface area (Å²) in [4.78, 5) is 24.6. The van der Waals surface area contributed by atoms with E-state index >= 15 is 0 Å². The topological polar surface area (TPSA) is 78.9 Å². The molecule has 2 N–H and O–H groups in total. The maximum atomic E-state index is 11.5. The van der Waals surface area contributed by atoms with Crippen molar-refractivity contribution in [2.75, 3.05) is 6.54 Å². The van der Waals surface area contributed by atoms with Gasteiger partial charge in [0.15, 0.2) is 0 Å². The number of hydroxylamine groups is 1. The highest BCUT2D eigenvalue weighted by Gasteiger charge is 2.22. The van der Waals surface area contributed by atoms with E-state index in [1.165, 1.54) is 6.92 Å². The molecule has 0 saturated heterocycles. The Morgan fingerprint density at radius 3 is 2.84 bits per heavy atom.